The number of rotatable bonds is 5. The summed E-state index contributed by atoms with van der Waals surface area (Å²) < 4.78 is 13.2. The van der Waals surface area contributed by atoms with E-state index in [1.807, 2.05) is 12.1 Å². The summed E-state index contributed by atoms with van der Waals surface area (Å²) in [5, 5.41) is 17.1. The molecule has 0 spiro atoms. The normalized spacial score (nSPS) is 9.42. The Labute approximate surface area is 110 Å². The van der Waals surface area contributed by atoms with Crippen LogP contribution in [0.5, 0.6) is 0 Å². The zero-order valence-corrected chi connectivity index (χ0v) is 10.3. The molecule has 0 aromatic heterocycles. The van der Waals surface area contributed by atoms with Gasteiger partial charge in [0, 0.05) is 24.3 Å². The number of amides is 1. The second kappa shape index (κ2) is 6.97. The van der Waals surface area contributed by atoms with Crippen LogP contribution < -0.4 is 5.73 Å². The van der Waals surface area contributed by atoms with Crippen LogP contribution in [0.2, 0.25) is 0 Å². The van der Waals surface area contributed by atoms with Crippen LogP contribution in [0.4, 0.5) is 10.1 Å². The molecule has 1 rings (SSSR count). The quantitative estimate of drug-likeness (QED) is 0.815. The highest BCUT2D eigenvalue weighted by molar-refractivity contribution is 5.95. The van der Waals surface area contributed by atoms with Crippen molar-refractivity contribution in [2.24, 2.45) is 0 Å². The van der Waals surface area contributed by atoms with E-state index in [4.69, 9.17) is 16.3 Å². The maximum Gasteiger partial charge on any atom is 0.254 e. The van der Waals surface area contributed by atoms with Gasteiger partial charge in [-0.25, -0.2) is 4.39 Å². The van der Waals surface area contributed by atoms with Gasteiger partial charge in [0.25, 0.3) is 5.91 Å². The van der Waals surface area contributed by atoms with E-state index in [0.29, 0.717) is 0 Å². The van der Waals surface area contributed by atoms with E-state index in [0.717, 1.165) is 12.1 Å². The molecule has 98 valence electrons. The molecule has 0 bridgehead atoms. The Hall–Kier alpha value is -2.60. The lowest BCUT2D eigenvalue weighted by molar-refractivity contribution is 0.0762. The van der Waals surface area contributed by atoms with E-state index >= 15 is 0 Å². The minimum absolute atomic E-state index is 0.119. The van der Waals surface area contributed by atoms with Crippen molar-refractivity contribution in [1.82, 2.24) is 4.90 Å². The first-order valence-electron chi connectivity index (χ1n) is 5.67. The van der Waals surface area contributed by atoms with Crippen LogP contribution in [-0.2, 0) is 0 Å². The van der Waals surface area contributed by atoms with Crippen molar-refractivity contribution >= 4 is 11.6 Å². The molecule has 1 aromatic carbocycles. The number of hydrogen-bond acceptors (Lipinski definition) is 4. The number of nitrogens with two attached hydrogens (primary N) is 1. The summed E-state index contributed by atoms with van der Waals surface area (Å²) >= 11 is 0. The summed E-state index contributed by atoms with van der Waals surface area (Å²) in [5.41, 5.74) is 5.76. The summed E-state index contributed by atoms with van der Waals surface area (Å²) in [7, 11) is 0. The van der Waals surface area contributed by atoms with Crippen LogP contribution in [0.3, 0.4) is 0 Å². The fraction of sp³-hybridized carbons (Fsp3) is 0.308. The molecule has 0 atom stereocenters. The molecular formula is C13H13FN4O. The van der Waals surface area contributed by atoms with Gasteiger partial charge in [0.05, 0.1) is 25.0 Å². The van der Waals surface area contributed by atoms with E-state index in [-0.39, 0.29) is 37.2 Å². The molecule has 0 aliphatic rings. The number of carbonyl (C=O) groups is 1. The Bertz CT molecular complexity index is 506. The van der Waals surface area contributed by atoms with Crippen LogP contribution >= 0.6 is 0 Å². The van der Waals surface area contributed by atoms with Gasteiger partial charge in [0.15, 0.2) is 0 Å². The van der Waals surface area contributed by atoms with E-state index in [1.54, 1.807) is 0 Å². The van der Waals surface area contributed by atoms with Crippen LogP contribution in [0, 0.1) is 28.5 Å². The third-order valence-electron chi connectivity index (χ3n) is 2.44. The summed E-state index contributed by atoms with van der Waals surface area (Å²) in [5.74, 6) is -1.03. The molecule has 0 aliphatic carbocycles. The summed E-state index contributed by atoms with van der Waals surface area (Å²) in [4.78, 5) is 13.5. The molecule has 0 unspecified atom stereocenters. The van der Waals surface area contributed by atoms with Gasteiger partial charge in [-0.3, -0.25) is 4.79 Å². The number of anilines is 1. The Morgan fingerprint density at radius 1 is 1.21 bits per heavy atom. The van der Waals surface area contributed by atoms with Gasteiger partial charge in [-0.15, -0.1) is 0 Å². The number of nitrogens with zero attached hydrogens (tertiary/aromatic N) is 3. The lowest BCUT2D eigenvalue weighted by Gasteiger charge is -2.20. The van der Waals surface area contributed by atoms with Crippen molar-refractivity contribution in [2.45, 2.75) is 12.8 Å². The lowest BCUT2D eigenvalue weighted by atomic mass is 10.1. The summed E-state index contributed by atoms with van der Waals surface area (Å²) in [6.07, 6.45) is 0.309. The maximum absolute atomic E-state index is 13.2. The molecule has 5 nitrogen and oxygen atoms in total. The molecule has 0 aliphatic heterocycles. The standard InChI is InChI=1S/C13H13FN4O/c14-11-7-10(8-12(17)9-11)13(19)18(5-1-3-15)6-2-4-16/h7-9H,1-2,5-6,17H2. The minimum Gasteiger partial charge on any atom is -0.399 e. The number of hydrogen-bond donors (Lipinski definition) is 1. The molecule has 19 heavy (non-hydrogen) atoms. The van der Waals surface area contributed by atoms with Gasteiger partial charge < -0.3 is 10.6 Å². The summed E-state index contributed by atoms with van der Waals surface area (Å²) in [6.45, 7) is 0.404. The molecule has 0 radical (unpaired) electrons. The predicted molar refractivity (Wildman–Crippen MR) is 67.2 cm³/mol. The van der Waals surface area contributed by atoms with Crippen LogP contribution in [0.15, 0.2) is 18.2 Å². The third kappa shape index (κ3) is 4.29. The highest BCUT2D eigenvalue weighted by atomic mass is 19.1. The molecule has 1 amide bonds. The minimum atomic E-state index is -0.594. The Morgan fingerprint density at radius 3 is 2.26 bits per heavy atom. The predicted octanol–water partition coefficient (Wildman–Crippen LogP) is 1.68. The van der Waals surface area contributed by atoms with Gasteiger partial charge in [-0.2, -0.15) is 10.5 Å². The van der Waals surface area contributed by atoms with Crippen LogP contribution in [-0.4, -0.2) is 23.9 Å². The average Bonchev–Trinajstić information content (AvgIpc) is 2.37. The largest absolute Gasteiger partial charge is 0.399 e. The monoisotopic (exact) mass is 260 g/mol. The van der Waals surface area contributed by atoms with Crippen molar-refractivity contribution in [2.75, 3.05) is 18.8 Å². The number of halogens is 1. The van der Waals surface area contributed by atoms with Crippen LogP contribution in [0.25, 0.3) is 0 Å². The van der Waals surface area contributed by atoms with Gasteiger partial charge >= 0.3 is 0 Å². The fourth-order valence-electron chi connectivity index (χ4n) is 1.60. The zero-order chi connectivity index (χ0) is 14.3. The first-order chi connectivity index (χ1) is 9.08. The number of nitriles is 2. The van der Waals surface area contributed by atoms with E-state index in [2.05, 4.69) is 0 Å². The summed E-state index contributed by atoms with van der Waals surface area (Å²) in [6, 6.07) is 7.43. The third-order valence-corrected chi connectivity index (χ3v) is 2.44. The van der Waals surface area contributed by atoms with Crippen molar-refractivity contribution < 1.29 is 9.18 Å². The second-order valence-electron chi connectivity index (χ2n) is 3.88. The van der Waals surface area contributed by atoms with Gasteiger partial charge in [0.1, 0.15) is 5.82 Å². The SMILES string of the molecule is N#CCCN(CCC#N)C(=O)c1cc(N)cc(F)c1. The van der Waals surface area contributed by atoms with E-state index in [9.17, 15) is 9.18 Å². The first-order valence-corrected chi connectivity index (χ1v) is 5.67. The first kappa shape index (κ1) is 14.5. The maximum atomic E-state index is 13.2. The zero-order valence-electron chi connectivity index (χ0n) is 10.3. The van der Waals surface area contributed by atoms with E-state index in [1.165, 1.54) is 11.0 Å². The molecule has 0 saturated carbocycles. The second-order valence-corrected chi connectivity index (χ2v) is 3.88. The lowest BCUT2D eigenvalue weighted by Crippen LogP contribution is -2.32. The molecule has 2 N–H and O–H groups in total. The highest BCUT2D eigenvalue weighted by Gasteiger charge is 2.16. The highest BCUT2D eigenvalue weighted by Crippen LogP contribution is 2.13. The Kier molecular flexibility index (Phi) is 5.31. The fourth-order valence-corrected chi connectivity index (χ4v) is 1.60. The van der Waals surface area contributed by atoms with Gasteiger partial charge in [-0.05, 0) is 18.2 Å². The van der Waals surface area contributed by atoms with Crippen molar-refractivity contribution in [3.63, 3.8) is 0 Å². The molecule has 0 fully saturated rings. The van der Waals surface area contributed by atoms with Crippen molar-refractivity contribution in [3.05, 3.63) is 29.6 Å². The molecular weight excluding hydrogens is 247 g/mol. The van der Waals surface area contributed by atoms with Crippen LogP contribution in [0.1, 0.15) is 23.2 Å². The number of carbonyl (C=O) groups excluding carboxylic acids is 1. The Morgan fingerprint density at radius 2 is 1.79 bits per heavy atom. The van der Waals surface area contributed by atoms with Gasteiger partial charge in [-0.1, -0.05) is 0 Å². The smallest absolute Gasteiger partial charge is 0.254 e. The number of benzene rings is 1. The number of nitrogen functional groups attached to an aromatic ring is 1. The molecule has 1 aromatic rings. The molecule has 0 saturated heterocycles. The Balaban J connectivity index is 2.91. The van der Waals surface area contributed by atoms with E-state index < -0.39 is 11.7 Å². The van der Waals surface area contributed by atoms with Gasteiger partial charge in [0.2, 0.25) is 0 Å². The molecule has 6 heteroatoms. The topological polar surface area (TPSA) is 93.9 Å². The average molecular weight is 260 g/mol. The van der Waals surface area contributed by atoms with Crippen molar-refractivity contribution in [3.8, 4) is 12.1 Å². The molecule has 0 heterocycles. The van der Waals surface area contributed by atoms with Crippen molar-refractivity contribution in [1.29, 1.82) is 10.5 Å².